The minimum Gasteiger partial charge on any atom is -0.481 e. The summed E-state index contributed by atoms with van der Waals surface area (Å²) in [4.78, 5) is 8.45. The lowest BCUT2D eigenvalue weighted by atomic mass is 10.0. The number of methoxy groups -OCH3 is 1. The van der Waals surface area contributed by atoms with Crippen molar-refractivity contribution in [1.29, 1.82) is 0 Å². The highest BCUT2D eigenvalue weighted by molar-refractivity contribution is 5.17. The van der Waals surface area contributed by atoms with Gasteiger partial charge in [0.1, 0.15) is 6.33 Å². The molecule has 2 aromatic heterocycles. The molecule has 1 atom stereocenters. The molecule has 0 amide bonds. The van der Waals surface area contributed by atoms with E-state index in [2.05, 4.69) is 33.5 Å². The van der Waals surface area contributed by atoms with Gasteiger partial charge < -0.3 is 10.1 Å². The zero-order valence-corrected chi connectivity index (χ0v) is 12.9. The molecule has 0 radical (unpaired) electrons. The molecule has 6 heteroatoms. The fourth-order valence-electron chi connectivity index (χ4n) is 2.24. The first-order valence-electron chi connectivity index (χ1n) is 7.29. The molecule has 0 aliphatic rings. The van der Waals surface area contributed by atoms with Gasteiger partial charge >= 0.3 is 0 Å². The molecule has 1 N–H and O–H groups in total. The van der Waals surface area contributed by atoms with Crippen LogP contribution in [0, 0.1) is 0 Å². The normalized spacial score (nSPS) is 12.3. The van der Waals surface area contributed by atoms with Gasteiger partial charge in [0.25, 0.3) is 0 Å². The maximum absolute atomic E-state index is 5.18. The third-order valence-electron chi connectivity index (χ3n) is 3.35. The molecule has 21 heavy (non-hydrogen) atoms. The fraction of sp³-hybridized carbons (Fsp3) is 0.533. The number of hydrogen-bond acceptors (Lipinski definition) is 5. The molecule has 6 nitrogen and oxygen atoms in total. The number of aryl methyl sites for hydroxylation is 2. The minimum atomic E-state index is 0.196. The molecule has 0 aliphatic carbocycles. The zero-order valence-electron chi connectivity index (χ0n) is 12.9. The SMILES string of the molecule is CCCNC(CCc1cnn(C)c1)c1cc(OC)ncn1. The van der Waals surface area contributed by atoms with E-state index in [0.717, 1.165) is 31.5 Å². The third kappa shape index (κ3) is 4.53. The quantitative estimate of drug-likeness (QED) is 0.804. The van der Waals surface area contributed by atoms with Crippen molar-refractivity contribution in [2.75, 3.05) is 13.7 Å². The summed E-state index contributed by atoms with van der Waals surface area (Å²) in [5, 5.41) is 7.75. The molecule has 0 saturated carbocycles. The standard InChI is InChI=1S/C15H23N5O/c1-4-7-16-13(6-5-12-9-19-20(2)10-12)14-8-15(21-3)18-11-17-14/h8-11,13,16H,4-7H2,1-3H3. The lowest BCUT2D eigenvalue weighted by Gasteiger charge is -2.18. The summed E-state index contributed by atoms with van der Waals surface area (Å²) in [6.45, 7) is 3.12. The number of nitrogens with zero attached hydrogens (tertiary/aromatic N) is 4. The van der Waals surface area contributed by atoms with Crippen molar-refractivity contribution in [2.45, 2.75) is 32.2 Å². The van der Waals surface area contributed by atoms with Crippen LogP contribution in [-0.2, 0) is 13.5 Å². The van der Waals surface area contributed by atoms with Crippen LogP contribution in [0.15, 0.2) is 24.8 Å². The summed E-state index contributed by atoms with van der Waals surface area (Å²) < 4.78 is 7.01. The van der Waals surface area contributed by atoms with Crippen LogP contribution >= 0.6 is 0 Å². The molecule has 0 fully saturated rings. The summed E-state index contributed by atoms with van der Waals surface area (Å²) in [5.74, 6) is 0.602. The Kier molecular flexibility index (Phi) is 5.68. The molecule has 2 aromatic rings. The van der Waals surface area contributed by atoms with Crippen molar-refractivity contribution in [2.24, 2.45) is 7.05 Å². The van der Waals surface area contributed by atoms with Gasteiger partial charge in [-0.1, -0.05) is 6.92 Å². The predicted molar refractivity (Wildman–Crippen MR) is 81.1 cm³/mol. The van der Waals surface area contributed by atoms with Crippen LogP contribution in [0.4, 0.5) is 0 Å². The highest BCUT2D eigenvalue weighted by Gasteiger charge is 2.14. The van der Waals surface area contributed by atoms with E-state index < -0.39 is 0 Å². The molecule has 0 aromatic carbocycles. The largest absolute Gasteiger partial charge is 0.481 e. The average Bonchev–Trinajstić information content (AvgIpc) is 2.93. The van der Waals surface area contributed by atoms with E-state index in [-0.39, 0.29) is 6.04 Å². The van der Waals surface area contributed by atoms with Crippen LogP contribution in [0.5, 0.6) is 5.88 Å². The van der Waals surface area contributed by atoms with Gasteiger partial charge in [-0.25, -0.2) is 9.97 Å². The van der Waals surface area contributed by atoms with Crippen molar-refractivity contribution in [3.05, 3.63) is 36.0 Å². The van der Waals surface area contributed by atoms with Crippen LogP contribution in [0.3, 0.4) is 0 Å². The van der Waals surface area contributed by atoms with Crippen molar-refractivity contribution in [3.8, 4) is 5.88 Å². The maximum atomic E-state index is 5.18. The molecule has 0 bridgehead atoms. The Morgan fingerprint density at radius 1 is 1.38 bits per heavy atom. The van der Waals surface area contributed by atoms with E-state index in [1.54, 1.807) is 13.4 Å². The average molecular weight is 289 g/mol. The van der Waals surface area contributed by atoms with Crippen LogP contribution in [0.25, 0.3) is 0 Å². The number of rotatable bonds is 8. The van der Waals surface area contributed by atoms with E-state index in [1.807, 2.05) is 24.0 Å². The Hall–Kier alpha value is -1.95. The minimum absolute atomic E-state index is 0.196. The maximum Gasteiger partial charge on any atom is 0.216 e. The Morgan fingerprint density at radius 3 is 2.90 bits per heavy atom. The van der Waals surface area contributed by atoms with E-state index >= 15 is 0 Å². The van der Waals surface area contributed by atoms with Gasteiger partial charge in [0.05, 0.1) is 25.0 Å². The van der Waals surface area contributed by atoms with Gasteiger partial charge in [0, 0.05) is 19.3 Å². The third-order valence-corrected chi connectivity index (χ3v) is 3.35. The first-order valence-corrected chi connectivity index (χ1v) is 7.29. The monoisotopic (exact) mass is 289 g/mol. The van der Waals surface area contributed by atoms with Crippen LogP contribution in [0.1, 0.15) is 37.1 Å². The molecular weight excluding hydrogens is 266 g/mol. The summed E-state index contributed by atoms with van der Waals surface area (Å²) in [6, 6.07) is 2.10. The highest BCUT2D eigenvalue weighted by atomic mass is 16.5. The Morgan fingerprint density at radius 2 is 2.24 bits per heavy atom. The van der Waals surface area contributed by atoms with Crippen LogP contribution in [0.2, 0.25) is 0 Å². The molecule has 0 aliphatic heterocycles. The van der Waals surface area contributed by atoms with Gasteiger partial charge in [0.2, 0.25) is 5.88 Å². The van der Waals surface area contributed by atoms with E-state index in [1.165, 1.54) is 5.56 Å². The zero-order chi connectivity index (χ0) is 15.1. The molecule has 0 saturated heterocycles. The smallest absolute Gasteiger partial charge is 0.216 e. The first kappa shape index (κ1) is 15.4. The lowest BCUT2D eigenvalue weighted by Crippen LogP contribution is -2.23. The second-order valence-corrected chi connectivity index (χ2v) is 5.05. The number of aromatic nitrogens is 4. The number of ether oxygens (including phenoxy) is 1. The van der Waals surface area contributed by atoms with Gasteiger partial charge in [-0.2, -0.15) is 5.10 Å². The summed E-state index contributed by atoms with van der Waals surface area (Å²) in [7, 11) is 3.56. The summed E-state index contributed by atoms with van der Waals surface area (Å²) in [5.41, 5.74) is 2.21. The molecule has 1 unspecified atom stereocenters. The molecule has 2 heterocycles. The molecule has 114 valence electrons. The van der Waals surface area contributed by atoms with Crippen LogP contribution < -0.4 is 10.1 Å². The molecule has 2 rings (SSSR count). The predicted octanol–water partition coefficient (Wildman–Crippen LogP) is 1.89. The van der Waals surface area contributed by atoms with Gasteiger partial charge in [-0.15, -0.1) is 0 Å². The molecular formula is C15H23N5O. The number of hydrogen-bond donors (Lipinski definition) is 1. The summed E-state index contributed by atoms with van der Waals surface area (Å²) >= 11 is 0. The van der Waals surface area contributed by atoms with E-state index in [9.17, 15) is 0 Å². The van der Waals surface area contributed by atoms with Gasteiger partial charge in [0.15, 0.2) is 0 Å². The van der Waals surface area contributed by atoms with Crippen molar-refractivity contribution in [1.82, 2.24) is 25.1 Å². The fourth-order valence-corrected chi connectivity index (χ4v) is 2.24. The van der Waals surface area contributed by atoms with Gasteiger partial charge in [-0.05, 0) is 31.4 Å². The van der Waals surface area contributed by atoms with Crippen molar-refractivity contribution < 1.29 is 4.74 Å². The second-order valence-electron chi connectivity index (χ2n) is 5.05. The highest BCUT2D eigenvalue weighted by Crippen LogP contribution is 2.19. The first-order chi connectivity index (χ1) is 10.2. The van der Waals surface area contributed by atoms with E-state index in [4.69, 9.17) is 4.74 Å². The second kappa shape index (κ2) is 7.73. The Balaban J connectivity index is 2.05. The van der Waals surface area contributed by atoms with Crippen LogP contribution in [-0.4, -0.2) is 33.4 Å². The Labute approximate surface area is 125 Å². The molecule has 0 spiro atoms. The number of nitrogens with one attached hydrogen (secondary N) is 1. The topological polar surface area (TPSA) is 64.9 Å². The Bertz CT molecular complexity index is 555. The lowest BCUT2D eigenvalue weighted by molar-refractivity contribution is 0.392. The summed E-state index contributed by atoms with van der Waals surface area (Å²) in [6.07, 6.45) is 8.53. The van der Waals surface area contributed by atoms with E-state index in [0.29, 0.717) is 5.88 Å². The van der Waals surface area contributed by atoms with Gasteiger partial charge in [-0.3, -0.25) is 4.68 Å². The van der Waals surface area contributed by atoms with Crippen molar-refractivity contribution >= 4 is 0 Å². The van der Waals surface area contributed by atoms with Crippen molar-refractivity contribution in [3.63, 3.8) is 0 Å².